The number of piperazine rings is 1. The van der Waals surface area contributed by atoms with E-state index < -0.39 is 0 Å². The van der Waals surface area contributed by atoms with E-state index in [1.807, 2.05) is 41.3 Å². The fourth-order valence-corrected chi connectivity index (χ4v) is 3.17. The van der Waals surface area contributed by atoms with Crippen LogP contribution in [0.1, 0.15) is 0 Å². The Bertz CT molecular complexity index is 925. The molecule has 0 atom stereocenters. The average Bonchev–Trinajstić information content (AvgIpc) is 2.67. The van der Waals surface area contributed by atoms with Gasteiger partial charge in [0.05, 0.1) is 19.2 Å². The molecular formula is C20H19N3O2. The van der Waals surface area contributed by atoms with Crippen LogP contribution in [0.25, 0.3) is 22.0 Å². The Morgan fingerprint density at radius 3 is 2.72 bits per heavy atom. The Kier molecular flexibility index (Phi) is 3.98. The number of carbonyl (C=O) groups is 1. The Hall–Kier alpha value is -3.08. The van der Waals surface area contributed by atoms with Crippen molar-refractivity contribution < 1.29 is 9.53 Å². The third-order valence-corrected chi connectivity index (χ3v) is 4.45. The van der Waals surface area contributed by atoms with E-state index in [1.165, 1.54) is 0 Å². The maximum Gasteiger partial charge on any atom is 0.239 e. The monoisotopic (exact) mass is 333 g/mol. The zero-order chi connectivity index (χ0) is 17.2. The van der Waals surface area contributed by atoms with E-state index in [9.17, 15) is 4.79 Å². The van der Waals surface area contributed by atoms with Crippen LogP contribution in [0.5, 0.6) is 5.75 Å². The molecule has 0 radical (unpaired) electrons. The highest BCUT2D eigenvalue weighted by atomic mass is 16.5. The molecule has 5 heteroatoms. The van der Waals surface area contributed by atoms with Crippen molar-refractivity contribution in [2.75, 3.05) is 31.6 Å². The van der Waals surface area contributed by atoms with E-state index in [0.717, 1.165) is 40.1 Å². The van der Waals surface area contributed by atoms with Crippen LogP contribution < -0.4 is 15.0 Å². The number of fused-ring (bicyclic) bond motifs is 1. The molecule has 0 saturated carbocycles. The molecule has 0 spiro atoms. The molecule has 2 aromatic carbocycles. The number of hydrogen-bond acceptors (Lipinski definition) is 4. The van der Waals surface area contributed by atoms with Crippen molar-refractivity contribution in [2.45, 2.75) is 0 Å². The number of carbonyl (C=O) groups excluding carboxylic acids is 1. The summed E-state index contributed by atoms with van der Waals surface area (Å²) in [5, 5.41) is 3.92. The van der Waals surface area contributed by atoms with E-state index >= 15 is 0 Å². The standard InChI is InChI=1S/C20H19N3O2/c1-25-15-7-8-16-17(14-5-3-2-4-6-14)12-19(22-18(16)11-15)23-10-9-21-20(24)13-23/h2-8,11-12H,9-10,13H2,1H3,(H,21,24). The molecule has 1 amide bonds. The molecule has 25 heavy (non-hydrogen) atoms. The molecule has 5 nitrogen and oxygen atoms in total. The predicted octanol–water partition coefficient (Wildman–Crippen LogP) is 2.85. The molecule has 0 unspecified atom stereocenters. The first-order valence-corrected chi connectivity index (χ1v) is 8.30. The van der Waals surface area contributed by atoms with E-state index in [1.54, 1.807) is 7.11 Å². The maximum atomic E-state index is 11.8. The van der Waals surface area contributed by atoms with Gasteiger partial charge in [0.2, 0.25) is 5.91 Å². The summed E-state index contributed by atoms with van der Waals surface area (Å²) in [7, 11) is 1.65. The van der Waals surface area contributed by atoms with Crippen LogP contribution in [-0.4, -0.2) is 37.6 Å². The molecule has 3 aromatic rings. The lowest BCUT2D eigenvalue weighted by Crippen LogP contribution is -2.48. The first-order valence-electron chi connectivity index (χ1n) is 8.30. The van der Waals surface area contributed by atoms with Crippen LogP contribution in [0, 0.1) is 0 Å². The Morgan fingerprint density at radius 1 is 1.12 bits per heavy atom. The minimum atomic E-state index is 0.0278. The summed E-state index contributed by atoms with van der Waals surface area (Å²) >= 11 is 0. The SMILES string of the molecule is COc1ccc2c(-c3ccccc3)cc(N3CCNC(=O)C3)nc2c1. The Morgan fingerprint density at radius 2 is 1.96 bits per heavy atom. The lowest BCUT2D eigenvalue weighted by Gasteiger charge is -2.28. The lowest BCUT2D eigenvalue weighted by atomic mass is 10.0. The molecule has 1 aliphatic heterocycles. The van der Waals surface area contributed by atoms with Crippen LogP contribution in [0.2, 0.25) is 0 Å². The molecule has 0 bridgehead atoms. The number of nitrogens with zero attached hydrogens (tertiary/aromatic N) is 2. The number of pyridine rings is 1. The van der Waals surface area contributed by atoms with Gasteiger partial charge in [-0.2, -0.15) is 0 Å². The molecule has 1 aliphatic rings. The molecule has 1 fully saturated rings. The summed E-state index contributed by atoms with van der Waals surface area (Å²) in [6.07, 6.45) is 0. The van der Waals surface area contributed by atoms with Gasteiger partial charge in [-0.15, -0.1) is 0 Å². The highest BCUT2D eigenvalue weighted by Gasteiger charge is 2.19. The number of methoxy groups -OCH3 is 1. The summed E-state index contributed by atoms with van der Waals surface area (Å²) in [5.41, 5.74) is 3.10. The van der Waals surface area contributed by atoms with Crippen molar-refractivity contribution in [2.24, 2.45) is 0 Å². The molecule has 4 rings (SSSR count). The number of aromatic nitrogens is 1. The number of anilines is 1. The summed E-state index contributed by atoms with van der Waals surface area (Å²) < 4.78 is 5.35. The zero-order valence-corrected chi connectivity index (χ0v) is 14.0. The van der Waals surface area contributed by atoms with Crippen LogP contribution in [-0.2, 0) is 4.79 Å². The number of ether oxygens (including phenoxy) is 1. The van der Waals surface area contributed by atoms with Crippen LogP contribution in [0.4, 0.5) is 5.82 Å². The van der Waals surface area contributed by atoms with Crippen molar-refractivity contribution >= 4 is 22.6 Å². The third-order valence-electron chi connectivity index (χ3n) is 4.45. The zero-order valence-electron chi connectivity index (χ0n) is 14.0. The van der Waals surface area contributed by atoms with Gasteiger partial charge in [-0.05, 0) is 29.3 Å². The fraction of sp³-hybridized carbons (Fsp3) is 0.200. The van der Waals surface area contributed by atoms with E-state index in [4.69, 9.17) is 9.72 Å². The second kappa shape index (κ2) is 6.43. The molecule has 1 N–H and O–H groups in total. The third kappa shape index (κ3) is 3.01. The van der Waals surface area contributed by atoms with Gasteiger partial charge in [0.15, 0.2) is 0 Å². The summed E-state index contributed by atoms with van der Waals surface area (Å²) in [4.78, 5) is 18.6. The van der Waals surface area contributed by atoms with E-state index in [0.29, 0.717) is 13.1 Å². The fourth-order valence-electron chi connectivity index (χ4n) is 3.17. The Labute approximate surface area is 146 Å². The smallest absolute Gasteiger partial charge is 0.239 e. The second-order valence-corrected chi connectivity index (χ2v) is 6.05. The number of hydrogen-bond donors (Lipinski definition) is 1. The van der Waals surface area contributed by atoms with Crippen molar-refractivity contribution in [1.82, 2.24) is 10.3 Å². The normalized spacial score (nSPS) is 14.4. The first-order chi connectivity index (χ1) is 12.2. The highest BCUT2D eigenvalue weighted by molar-refractivity contribution is 5.97. The minimum absolute atomic E-state index is 0.0278. The lowest BCUT2D eigenvalue weighted by molar-refractivity contribution is -0.120. The van der Waals surface area contributed by atoms with Crippen molar-refractivity contribution in [3.63, 3.8) is 0 Å². The van der Waals surface area contributed by atoms with Gasteiger partial charge in [0, 0.05) is 24.5 Å². The number of benzene rings is 2. The second-order valence-electron chi connectivity index (χ2n) is 6.05. The molecule has 0 aliphatic carbocycles. The minimum Gasteiger partial charge on any atom is -0.497 e. The van der Waals surface area contributed by atoms with Crippen LogP contribution in [0.3, 0.4) is 0 Å². The van der Waals surface area contributed by atoms with Crippen LogP contribution >= 0.6 is 0 Å². The van der Waals surface area contributed by atoms with Gasteiger partial charge in [-0.1, -0.05) is 30.3 Å². The number of rotatable bonds is 3. The molecular weight excluding hydrogens is 314 g/mol. The van der Waals surface area contributed by atoms with Crippen molar-refractivity contribution in [3.8, 4) is 16.9 Å². The Balaban J connectivity index is 1.90. The average molecular weight is 333 g/mol. The predicted molar refractivity (Wildman–Crippen MR) is 99.0 cm³/mol. The quantitative estimate of drug-likeness (QED) is 0.801. The van der Waals surface area contributed by atoms with Gasteiger partial charge >= 0.3 is 0 Å². The topological polar surface area (TPSA) is 54.5 Å². The van der Waals surface area contributed by atoms with Gasteiger partial charge in [-0.25, -0.2) is 4.98 Å². The number of amides is 1. The van der Waals surface area contributed by atoms with Gasteiger partial charge < -0.3 is 15.0 Å². The van der Waals surface area contributed by atoms with Gasteiger partial charge in [0.1, 0.15) is 11.6 Å². The molecule has 2 heterocycles. The van der Waals surface area contributed by atoms with E-state index in [2.05, 4.69) is 23.5 Å². The van der Waals surface area contributed by atoms with Crippen molar-refractivity contribution in [1.29, 1.82) is 0 Å². The van der Waals surface area contributed by atoms with Crippen molar-refractivity contribution in [3.05, 3.63) is 54.6 Å². The first kappa shape index (κ1) is 15.4. The van der Waals surface area contributed by atoms with Gasteiger partial charge in [-0.3, -0.25) is 4.79 Å². The molecule has 1 saturated heterocycles. The highest BCUT2D eigenvalue weighted by Crippen LogP contribution is 2.33. The maximum absolute atomic E-state index is 11.8. The largest absolute Gasteiger partial charge is 0.497 e. The summed E-state index contributed by atoms with van der Waals surface area (Å²) in [5.74, 6) is 1.61. The molecule has 1 aromatic heterocycles. The number of nitrogens with one attached hydrogen (secondary N) is 1. The van der Waals surface area contributed by atoms with E-state index in [-0.39, 0.29) is 5.91 Å². The molecule has 126 valence electrons. The van der Waals surface area contributed by atoms with Crippen LogP contribution in [0.15, 0.2) is 54.6 Å². The summed E-state index contributed by atoms with van der Waals surface area (Å²) in [6.45, 7) is 1.72. The summed E-state index contributed by atoms with van der Waals surface area (Å²) in [6, 6.07) is 18.2. The van der Waals surface area contributed by atoms with Gasteiger partial charge in [0.25, 0.3) is 0 Å².